The van der Waals surface area contributed by atoms with Crippen LogP contribution in [0.25, 0.3) is 0 Å². The number of anilines is 1. The zero-order valence-electron chi connectivity index (χ0n) is 10.3. The maximum absolute atomic E-state index is 5.37. The molecule has 1 aromatic carbocycles. The van der Waals surface area contributed by atoms with Gasteiger partial charge in [0.15, 0.2) is 0 Å². The van der Waals surface area contributed by atoms with Gasteiger partial charge < -0.3 is 9.64 Å². The molecule has 1 aromatic rings. The van der Waals surface area contributed by atoms with E-state index in [9.17, 15) is 0 Å². The lowest BCUT2D eigenvalue weighted by Gasteiger charge is -2.29. The summed E-state index contributed by atoms with van der Waals surface area (Å²) in [5.74, 6) is 0. The Balaban J connectivity index is 2.13. The number of morpholine rings is 1. The predicted molar refractivity (Wildman–Crippen MR) is 68.2 cm³/mol. The summed E-state index contributed by atoms with van der Waals surface area (Å²) in [4.78, 5) is 2.41. The van der Waals surface area contributed by atoms with E-state index in [0.717, 1.165) is 26.3 Å². The molecule has 1 aliphatic heterocycles. The Hall–Kier alpha value is -1.02. The molecule has 0 saturated carbocycles. The van der Waals surface area contributed by atoms with Crippen molar-refractivity contribution in [3.05, 3.63) is 29.3 Å². The highest BCUT2D eigenvalue weighted by atomic mass is 16.5. The van der Waals surface area contributed by atoms with E-state index >= 15 is 0 Å². The molecule has 1 fully saturated rings. The van der Waals surface area contributed by atoms with Gasteiger partial charge in [-0.3, -0.25) is 0 Å². The fourth-order valence-electron chi connectivity index (χ4n) is 2.25. The number of benzene rings is 1. The summed E-state index contributed by atoms with van der Waals surface area (Å²) < 4.78 is 5.37. The number of aryl methyl sites for hydroxylation is 2. The minimum atomic E-state index is 0.857. The van der Waals surface area contributed by atoms with Gasteiger partial charge in [0.25, 0.3) is 0 Å². The van der Waals surface area contributed by atoms with Crippen LogP contribution in [0.3, 0.4) is 0 Å². The normalized spacial score (nSPS) is 16.5. The first kappa shape index (κ1) is 11.5. The van der Waals surface area contributed by atoms with Crippen molar-refractivity contribution in [2.24, 2.45) is 0 Å². The van der Waals surface area contributed by atoms with Crippen LogP contribution < -0.4 is 4.90 Å². The second-order valence-corrected chi connectivity index (χ2v) is 4.46. The first-order valence-corrected chi connectivity index (χ1v) is 6.23. The quantitative estimate of drug-likeness (QED) is 0.775. The smallest absolute Gasteiger partial charge is 0.0642 e. The highest BCUT2D eigenvalue weighted by Crippen LogP contribution is 2.21. The monoisotopic (exact) mass is 219 g/mol. The molecule has 0 unspecified atom stereocenters. The van der Waals surface area contributed by atoms with E-state index in [2.05, 4.69) is 36.9 Å². The largest absolute Gasteiger partial charge is 0.378 e. The Bertz CT molecular complexity index is 343. The van der Waals surface area contributed by atoms with E-state index in [-0.39, 0.29) is 0 Å². The van der Waals surface area contributed by atoms with Gasteiger partial charge in [0.1, 0.15) is 0 Å². The Morgan fingerprint density at radius 1 is 1.25 bits per heavy atom. The van der Waals surface area contributed by atoms with Crippen LogP contribution in [0.4, 0.5) is 5.69 Å². The third kappa shape index (κ3) is 2.56. The second-order valence-electron chi connectivity index (χ2n) is 4.46. The second kappa shape index (κ2) is 5.35. The Morgan fingerprint density at radius 3 is 2.62 bits per heavy atom. The molecule has 16 heavy (non-hydrogen) atoms. The van der Waals surface area contributed by atoms with Crippen molar-refractivity contribution in [3.8, 4) is 0 Å². The molecule has 0 aromatic heterocycles. The van der Waals surface area contributed by atoms with Crippen LogP contribution in [-0.4, -0.2) is 26.3 Å². The summed E-state index contributed by atoms with van der Waals surface area (Å²) in [6.07, 6.45) is 2.41. The summed E-state index contributed by atoms with van der Waals surface area (Å²) in [6, 6.07) is 6.85. The molecular weight excluding hydrogens is 198 g/mol. The summed E-state index contributed by atoms with van der Waals surface area (Å²) in [5, 5.41) is 0. The Kier molecular flexibility index (Phi) is 3.83. The lowest BCUT2D eigenvalue weighted by molar-refractivity contribution is 0.122. The summed E-state index contributed by atoms with van der Waals surface area (Å²) >= 11 is 0. The van der Waals surface area contributed by atoms with E-state index in [1.807, 2.05) is 0 Å². The molecule has 1 heterocycles. The van der Waals surface area contributed by atoms with Crippen LogP contribution in [-0.2, 0) is 11.2 Å². The summed E-state index contributed by atoms with van der Waals surface area (Å²) in [7, 11) is 0. The standard InChI is InChI=1S/C14H21NO/c1-3-4-13-5-6-14(11-12(13)2)15-7-9-16-10-8-15/h5-6,11H,3-4,7-10H2,1-2H3. The lowest BCUT2D eigenvalue weighted by Crippen LogP contribution is -2.36. The first-order chi connectivity index (χ1) is 7.81. The highest BCUT2D eigenvalue weighted by molar-refractivity contribution is 5.51. The SMILES string of the molecule is CCCc1ccc(N2CCOCC2)cc1C. The average molecular weight is 219 g/mol. The van der Waals surface area contributed by atoms with Crippen LogP contribution in [0.2, 0.25) is 0 Å². The fourth-order valence-corrected chi connectivity index (χ4v) is 2.25. The van der Waals surface area contributed by atoms with Crippen molar-refractivity contribution in [2.45, 2.75) is 26.7 Å². The highest BCUT2D eigenvalue weighted by Gasteiger charge is 2.11. The van der Waals surface area contributed by atoms with E-state index in [1.54, 1.807) is 0 Å². The van der Waals surface area contributed by atoms with Gasteiger partial charge in [0.2, 0.25) is 0 Å². The van der Waals surface area contributed by atoms with Crippen LogP contribution in [0.5, 0.6) is 0 Å². The van der Waals surface area contributed by atoms with Gasteiger partial charge in [0.05, 0.1) is 13.2 Å². The maximum atomic E-state index is 5.37. The predicted octanol–water partition coefficient (Wildman–Crippen LogP) is 2.78. The number of ether oxygens (including phenoxy) is 1. The zero-order chi connectivity index (χ0) is 11.4. The van der Waals surface area contributed by atoms with Crippen molar-refractivity contribution in [3.63, 3.8) is 0 Å². The Morgan fingerprint density at radius 2 is 2.00 bits per heavy atom. The molecule has 2 nitrogen and oxygen atoms in total. The van der Waals surface area contributed by atoms with Crippen molar-refractivity contribution in [1.29, 1.82) is 0 Å². The molecule has 88 valence electrons. The van der Waals surface area contributed by atoms with E-state index < -0.39 is 0 Å². The fraction of sp³-hybridized carbons (Fsp3) is 0.571. The van der Waals surface area contributed by atoms with Crippen molar-refractivity contribution in [2.75, 3.05) is 31.2 Å². The molecule has 2 rings (SSSR count). The number of nitrogens with zero attached hydrogens (tertiary/aromatic N) is 1. The van der Waals surface area contributed by atoms with Gasteiger partial charge in [-0.2, -0.15) is 0 Å². The van der Waals surface area contributed by atoms with Gasteiger partial charge in [0, 0.05) is 18.8 Å². The Labute approximate surface area is 98.2 Å². The maximum Gasteiger partial charge on any atom is 0.0642 e. The molecule has 0 atom stereocenters. The molecule has 0 N–H and O–H groups in total. The molecule has 1 aliphatic rings. The zero-order valence-corrected chi connectivity index (χ0v) is 10.3. The van der Waals surface area contributed by atoms with Crippen LogP contribution in [0.1, 0.15) is 24.5 Å². The average Bonchev–Trinajstić information content (AvgIpc) is 2.33. The number of hydrogen-bond acceptors (Lipinski definition) is 2. The number of rotatable bonds is 3. The summed E-state index contributed by atoms with van der Waals surface area (Å²) in [5.41, 5.74) is 4.26. The van der Waals surface area contributed by atoms with E-state index in [4.69, 9.17) is 4.74 Å². The van der Waals surface area contributed by atoms with E-state index in [0.29, 0.717) is 0 Å². The first-order valence-electron chi connectivity index (χ1n) is 6.23. The third-order valence-electron chi connectivity index (χ3n) is 3.22. The lowest BCUT2D eigenvalue weighted by atomic mass is 10.0. The van der Waals surface area contributed by atoms with Crippen LogP contribution in [0.15, 0.2) is 18.2 Å². The molecule has 0 spiro atoms. The van der Waals surface area contributed by atoms with Gasteiger partial charge in [-0.25, -0.2) is 0 Å². The van der Waals surface area contributed by atoms with Crippen LogP contribution >= 0.6 is 0 Å². The van der Waals surface area contributed by atoms with Crippen molar-refractivity contribution >= 4 is 5.69 Å². The molecule has 2 heteroatoms. The van der Waals surface area contributed by atoms with Crippen LogP contribution in [0, 0.1) is 6.92 Å². The van der Waals surface area contributed by atoms with Gasteiger partial charge in [-0.05, 0) is 36.6 Å². The van der Waals surface area contributed by atoms with Crippen molar-refractivity contribution < 1.29 is 4.74 Å². The minimum absolute atomic E-state index is 0.857. The van der Waals surface area contributed by atoms with E-state index in [1.165, 1.54) is 29.7 Å². The molecule has 0 amide bonds. The molecule has 0 radical (unpaired) electrons. The topological polar surface area (TPSA) is 12.5 Å². The minimum Gasteiger partial charge on any atom is -0.378 e. The molecule has 0 bridgehead atoms. The molecule has 1 saturated heterocycles. The van der Waals surface area contributed by atoms with Gasteiger partial charge in [-0.1, -0.05) is 19.4 Å². The third-order valence-corrected chi connectivity index (χ3v) is 3.22. The van der Waals surface area contributed by atoms with Gasteiger partial charge in [-0.15, -0.1) is 0 Å². The summed E-state index contributed by atoms with van der Waals surface area (Å²) in [6.45, 7) is 8.20. The van der Waals surface area contributed by atoms with Crippen molar-refractivity contribution in [1.82, 2.24) is 0 Å². The molecular formula is C14H21NO. The number of hydrogen-bond donors (Lipinski definition) is 0. The molecule has 0 aliphatic carbocycles. The van der Waals surface area contributed by atoms with Gasteiger partial charge >= 0.3 is 0 Å².